The molecule has 5 nitrogen and oxygen atoms in total. The topological polar surface area (TPSA) is 62.4 Å². The van der Waals surface area contributed by atoms with E-state index in [9.17, 15) is 4.79 Å². The number of nitrogens with one attached hydrogen (secondary N) is 3. The summed E-state index contributed by atoms with van der Waals surface area (Å²) in [7, 11) is 3.30. The SMILES string of the molecule is CNC(=O)C(C)(C)CNC(=S)NCCCOC. The van der Waals surface area contributed by atoms with E-state index in [4.69, 9.17) is 17.0 Å². The van der Waals surface area contributed by atoms with E-state index in [1.165, 1.54) is 0 Å². The van der Waals surface area contributed by atoms with Crippen molar-refractivity contribution in [3.8, 4) is 0 Å². The summed E-state index contributed by atoms with van der Waals surface area (Å²) >= 11 is 5.10. The molecule has 0 aliphatic heterocycles. The molecule has 0 aromatic rings. The van der Waals surface area contributed by atoms with Crippen molar-refractivity contribution in [1.29, 1.82) is 0 Å². The Balaban J connectivity index is 3.79. The predicted molar refractivity (Wildman–Crippen MR) is 72.9 cm³/mol. The lowest BCUT2D eigenvalue weighted by atomic mass is 9.92. The lowest BCUT2D eigenvalue weighted by molar-refractivity contribution is -0.128. The summed E-state index contributed by atoms with van der Waals surface area (Å²) in [4.78, 5) is 11.5. The molecule has 1 amide bonds. The van der Waals surface area contributed by atoms with Crippen molar-refractivity contribution in [2.45, 2.75) is 20.3 Å². The molecular weight excluding hydrogens is 238 g/mol. The minimum absolute atomic E-state index is 0.00724. The number of amides is 1. The highest BCUT2D eigenvalue weighted by atomic mass is 32.1. The zero-order chi connectivity index (χ0) is 13.3. The van der Waals surface area contributed by atoms with Gasteiger partial charge >= 0.3 is 0 Å². The third-order valence-electron chi connectivity index (χ3n) is 2.34. The second-order valence-electron chi connectivity index (χ2n) is 4.42. The highest BCUT2D eigenvalue weighted by molar-refractivity contribution is 7.80. The number of rotatable bonds is 7. The van der Waals surface area contributed by atoms with Crippen LogP contribution in [0.5, 0.6) is 0 Å². The number of ether oxygens (including phenoxy) is 1. The van der Waals surface area contributed by atoms with E-state index in [-0.39, 0.29) is 5.91 Å². The van der Waals surface area contributed by atoms with E-state index >= 15 is 0 Å². The molecule has 0 spiro atoms. The standard InChI is InChI=1S/C11H23N3O2S/c1-11(2,9(15)12-3)8-14-10(17)13-6-5-7-16-4/h5-8H2,1-4H3,(H,12,15)(H2,13,14,17). The smallest absolute Gasteiger partial charge is 0.227 e. The lowest BCUT2D eigenvalue weighted by Gasteiger charge is -2.23. The van der Waals surface area contributed by atoms with Gasteiger partial charge in [-0.05, 0) is 32.5 Å². The van der Waals surface area contributed by atoms with Crippen LogP contribution >= 0.6 is 12.2 Å². The van der Waals surface area contributed by atoms with Crippen molar-refractivity contribution in [3.63, 3.8) is 0 Å². The number of methoxy groups -OCH3 is 1. The second-order valence-corrected chi connectivity index (χ2v) is 4.83. The molecule has 0 rings (SSSR count). The molecule has 0 saturated carbocycles. The van der Waals surface area contributed by atoms with Crippen LogP contribution in [0.2, 0.25) is 0 Å². The maximum atomic E-state index is 11.5. The van der Waals surface area contributed by atoms with Gasteiger partial charge in [0.1, 0.15) is 0 Å². The van der Waals surface area contributed by atoms with Gasteiger partial charge in [0.05, 0.1) is 5.41 Å². The van der Waals surface area contributed by atoms with Gasteiger partial charge in [-0.3, -0.25) is 4.79 Å². The minimum Gasteiger partial charge on any atom is -0.385 e. The number of hydrogen-bond acceptors (Lipinski definition) is 3. The largest absolute Gasteiger partial charge is 0.385 e. The van der Waals surface area contributed by atoms with Crippen molar-refractivity contribution >= 4 is 23.2 Å². The van der Waals surface area contributed by atoms with Gasteiger partial charge in [-0.2, -0.15) is 0 Å². The third-order valence-corrected chi connectivity index (χ3v) is 2.63. The average molecular weight is 261 g/mol. The molecule has 17 heavy (non-hydrogen) atoms. The summed E-state index contributed by atoms with van der Waals surface area (Å²) in [5.41, 5.74) is -0.479. The predicted octanol–water partition coefficient (Wildman–Crippen LogP) is 0.259. The molecule has 0 aromatic heterocycles. The van der Waals surface area contributed by atoms with Crippen molar-refractivity contribution in [1.82, 2.24) is 16.0 Å². The molecule has 6 heteroatoms. The van der Waals surface area contributed by atoms with Crippen LogP contribution in [0, 0.1) is 5.41 Å². The Kier molecular flexibility index (Phi) is 7.82. The third kappa shape index (κ3) is 7.12. The molecule has 0 heterocycles. The van der Waals surface area contributed by atoms with E-state index in [0.29, 0.717) is 18.3 Å². The molecular formula is C11H23N3O2S. The minimum atomic E-state index is -0.479. The summed E-state index contributed by atoms with van der Waals surface area (Å²) in [6.07, 6.45) is 0.900. The van der Waals surface area contributed by atoms with Crippen LogP contribution < -0.4 is 16.0 Å². The summed E-state index contributed by atoms with van der Waals surface area (Å²) in [6.45, 7) is 5.71. The highest BCUT2D eigenvalue weighted by Gasteiger charge is 2.26. The van der Waals surface area contributed by atoms with Crippen LogP contribution in [0.4, 0.5) is 0 Å². The normalized spacial score (nSPS) is 10.8. The molecule has 0 unspecified atom stereocenters. The quantitative estimate of drug-likeness (QED) is 0.453. The zero-order valence-electron chi connectivity index (χ0n) is 11.1. The van der Waals surface area contributed by atoms with Gasteiger partial charge in [0, 0.05) is 33.9 Å². The van der Waals surface area contributed by atoms with Crippen molar-refractivity contribution < 1.29 is 9.53 Å². The second kappa shape index (κ2) is 8.25. The Hall–Kier alpha value is -0.880. The van der Waals surface area contributed by atoms with Crippen LogP contribution in [0.1, 0.15) is 20.3 Å². The van der Waals surface area contributed by atoms with Gasteiger partial charge in [-0.1, -0.05) is 0 Å². The van der Waals surface area contributed by atoms with Crippen molar-refractivity contribution in [2.24, 2.45) is 5.41 Å². The summed E-state index contributed by atoms with van der Waals surface area (Å²) in [5.74, 6) is -0.00724. The Bertz CT molecular complexity index is 257. The van der Waals surface area contributed by atoms with Crippen molar-refractivity contribution in [2.75, 3.05) is 33.9 Å². The Morgan fingerprint density at radius 1 is 1.35 bits per heavy atom. The molecule has 0 bridgehead atoms. The van der Waals surface area contributed by atoms with Crippen LogP contribution in [0.25, 0.3) is 0 Å². The average Bonchev–Trinajstić information content (AvgIpc) is 2.31. The molecule has 0 aliphatic carbocycles. The van der Waals surface area contributed by atoms with Crippen LogP contribution in [0.3, 0.4) is 0 Å². The van der Waals surface area contributed by atoms with E-state index in [2.05, 4.69) is 16.0 Å². The Labute approximate surface area is 109 Å². The van der Waals surface area contributed by atoms with E-state index < -0.39 is 5.41 Å². The maximum absolute atomic E-state index is 11.5. The first kappa shape index (κ1) is 16.1. The van der Waals surface area contributed by atoms with E-state index in [0.717, 1.165) is 13.0 Å². The molecule has 0 fully saturated rings. The van der Waals surface area contributed by atoms with Crippen LogP contribution in [0.15, 0.2) is 0 Å². The van der Waals surface area contributed by atoms with E-state index in [1.54, 1.807) is 14.2 Å². The van der Waals surface area contributed by atoms with Gasteiger partial charge in [0.25, 0.3) is 0 Å². The van der Waals surface area contributed by atoms with Gasteiger partial charge in [-0.15, -0.1) is 0 Å². The Morgan fingerprint density at radius 3 is 2.53 bits per heavy atom. The highest BCUT2D eigenvalue weighted by Crippen LogP contribution is 2.12. The summed E-state index contributed by atoms with van der Waals surface area (Å²) in [5, 5.41) is 9.29. The van der Waals surface area contributed by atoms with Gasteiger partial charge < -0.3 is 20.7 Å². The monoisotopic (exact) mass is 261 g/mol. The Morgan fingerprint density at radius 2 is 2.00 bits per heavy atom. The molecule has 100 valence electrons. The lowest BCUT2D eigenvalue weighted by Crippen LogP contribution is -2.46. The molecule has 3 N–H and O–H groups in total. The first-order valence-corrected chi connectivity index (χ1v) is 6.07. The number of hydrogen-bond donors (Lipinski definition) is 3. The fourth-order valence-electron chi connectivity index (χ4n) is 1.20. The molecule has 0 aliphatic rings. The van der Waals surface area contributed by atoms with Crippen LogP contribution in [-0.4, -0.2) is 44.9 Å². The van der Waals surface area contributed by atoms with Gasteiger partial charge in [0.2, 0.25) is 5.91 Å². The first-order chi connectivity index (χ1) is 7.94. The fourth-order valence-corrected chi connectivity index (χ4v) is 1.38. The number of thiocarbonyl (C=S) groups is 1. The molecule has 0 aromatic carbocycles. The van der Waals surface area contributed by atoms with Gasteiger partial charge in [-0.25, -0.2) is 0 Å². The van der Waals surface area contributed by atoms with E-state index in [1.807, 2.05) is 13.8 Å². The summed E-state index contributed by atoms with van der Waals surface area (Å²) < 4.78 is 4.93. The molecule has 0 atom stereocenters. The molecule has 0 radical (unpaired) electrons. The van der Waals surface area contributed by atoms with Crippen LogP contribution in [-0.2, 0) is 9.53 Å². The fraction of sp³-hybridized carbons (Fsp3) is 0.818. The maximum Gasteiger partial charge on any atom is 0.227 e. The van der Waals surface area contributed by atoms with Gasteiger partial charge in [0.15, 0.2) is 5.11 Å². The first-order valence-electron chi connectivity index (χ1n) is 5.67. The number of carbonyl (C=O) groups is 1. The zero-order valence-corrected chi connectivity index (χ0v) is 11.9. The number of carbonyl (C=O) groups excluding carboxylic acids is 1. The summed E-state index contributed by atoms with van der Waals surface area (Å²) in [6, 6.07) is 0. The molecule has 0 saturated heterocycles. The van der Waals surface area contributed by atoms with Crippen molar-refractivity contribution in [3.05, 3.63) is 0 Å².